The van der Waals surface area contributed by atoms with E-state index in [4.69, 9.17) is 4.98 Å². The first-order chi connectivity index (χ1) is 17.5. The van der Waals surface area contributed by atoms with Gasteiger partial charge in [-0.15, -0.1) is 0 Å². The van der Waals surface area contributed by atoms with Crippen LogP contribution in [0.15, 0.2) is 36.5 Å². The van der Waals surface area contributed by atoms with Gasteiger partial charge in [0.25, 0.3) is 11.8 Å². The molecule has 1 spiro atoms. The first-order valence-electron chi connectivity index (χ1n) is 13.0. The summed E-state index contributed by atoms with van der Waals surface area (Å²) in [7, 11) is 0. The molecule has 188 valence electrons. The number of rotatable bonds is 4. The number of benzene rings is 1. The molecule has 3 aromatic rings. The zero-order chi connectivity index (χ0) is 24.7. The predicted octanol–water partition coefficient (Wildman–Crippen LogP) is 4.13. The van der Waals surface area contributed by atoms with Crippen molar-refractivity contribution in [1.29, 1.82) is 0 Å². The minimum atomic E-state index is -0.502. The third-order valence-electron chi connectivity index (χ3n) is 8.12. The quantitative estimate of drug-likeness (QED) is 0.511. The molecule has 8 nitrogen and oxygen atoms in total. The molecule has 2 amide bonds. The van der Waals surface area contributed by atoms with Crippen molar-refractivity contribution in [2.24, 2.45) is 0 Å². The predicted molar refractivity (Wildman–Crippen MR) is 134 cm³/mol. The van der Waals surface area contributed by atoms with Gasteiger partial charge in [0.15, 0.2) is 0 Å². The molecular weight excluding hydrogens is 459 g/mol. The molecule has 3 N–H and O–H groups in total. The van der Waals surface area contributed by atoms with Gasteiger partial charge in [0.1, 0.15) is 17.2 Å². The number of nitrogens with zero attached hydrogens (tertiary/aromatic N) is 3. The Kier molecular flexibility index (Phi) is 5.85. The third kappa shape index (κ3) is 4.10. The Bertz CT molecular complexity index is 1310. The molecule has 0 saturated heterocycles. The van der Waals surface area contributed by atoms with Gasteiger partial charge >= 0.3 is 0 Å². The van der Waals surface area contributed by atoms with Crippen LogP contribution < -0.4 is 16.0 Å². The largest absolute Gasteiger partial charge is 0.351 e. The van der Waals surface area contributed by atoms with Crippen molar-refractivity contribution in [2.75, 3.05) is 11.9 Å². The highest BCUT2D eigenvalue weighted by atomic mass is 19.1. The van der Waals surface area contributed by atoms with Gasteiger partial charge in [0, 0.05) is 30.2 Å². The van der Waals surface area contributed by atoms with E-state index in [1.54, 1.807) is 18.3 Å². The summed E-state index contributed by atoms with van der Waals surface area (Å²) in [5, 5.41) is 10.4. The van der Waals surface area contributed by atoms with Crippen molar-refractivity contribution in [2.45, 2.75) is 75.4 Å². The summed E-state index contributed by atoms with van der Waals surface area (Å²) in [6.07, 6.45) is 10.7. The van der Waals surface area contributed by atoms with Gasteiger partial charge in [-0.25, -0.2) is 9.37 Å². The zero-order valence-electron chi connectivity index (χ0n) is 20.2. The van der Waals surface area contributed by atoms with Crippen LogP contribution in [0.3, 0.4) is 0 Å². The highest BCUT2D eigenvalue weighted by Crippen LogP contribution is 2.40. The molecule has 0 bridgehead atoms. The van der Waals surface area contributed by atoms with Gasteiger partial charge in [-0.05, 0) is 56.7 Å². The van der Waals surface area contributed by atoms with Crippen LogP contribution in [-0.2, 0) is 5.54 Å². The maximum absolute atomic E-state index is 13.9. The average molecular weight is 491 g/mol. The Labute approximate surface area is 209 Å². The lowest BCUT2D eigenvalue weighted by atomic mass is 9.80. The van der Waals surface area contributed by atoms with E-state index in [0.29, 0.717) is 18.2 Å². The molecule has 2 saturated carbocycles. The number of nitrogens with one attached hydrogen (secondary N) is 3. The van der Waals surface area contributed by atoms with Gasteiger partial charge in [-0.1, -0.05) is 31.4 Å². The number of anilines is 1. The average Bonchev–Trinajstić information content (AvgIpc) is 3.29. The normalized spacial score (nSPS) is 23.2. The fourth-order valence-electron chi connectivity index (χ4n) is 6.20. The van der Waals surface area contributed by atoms with Crippen LogP contribution in [0, 0.1) is 5.82 Å². The Morgan fingerprint density at radius 2 is 1.83 bits per heavy atom. The van der Waals surface area contributed by atoms with Crippen molar-refractivity contribution in [3.63, 3.8) is 0 Å². The molecule has 1 aromatic carbocycles. The number of hydrogen-bond acceptors (Lipinski definition) is 5. The van der Waals surface area contributed by atoms with E-state index < -0.39 is 5.82 Å². The maximum Gasteiger partial charge on any atom is 0.268 e. The smallest absolute Gasteiger partial charge is 0.268 e. The van der Waals surface area contributed by atoms with Crippen molar-refractivity contribution in [3.8, 4) is 0 Å². The van der Waals surface area contributed by atoms with E-state index in [0.717, 1.165) is 62.4 Å². The zero-order valence-corrected chi connectivity index (χ0v) is 20.2. The maximum atomic E-state index is 13.9. The summed E-state index contributed by atoms with van der Waals surface area (Å²) in [4.78, 5) is 34.5. The first-order valence-corrected chi connectivity index (χ1v) is 13.0. The molecule has 1 aliphatic heterocycles. The lowest BCUT2D eigenvalue weighted by molar-refractivity contribution is 0.0833. The fraction of sp³-hybridized carbons (Fsp3) is 0.481. The van der Waals surface area contributed by atoms with E-state index in [9.17, 15) is 14.0 Å². The molecule has 0 radical (unpaired) electrons. The topological polar surface area (TPSA) is 101 Å². The van der Waals surface area contributed by atoms with Gasteiger partial charge in [0.2, 0.25) is 5.95 Å². The number of fused-ring (bicyclic) bond motifs is 4. The van der Waals surface area contributed by atoms with Crippen molar-refractivity contribution in [1.82, 2.24) is 25.2 Å². The summed E-state index contributed by atoms with van der Waals surface area (Å²) in [5.41, 5.74) is 1.48. The molecule has 3 aliphatic rings. The monoisotopic (exact) mass is 490 g/mol. The molecule has 0 atom stereocenters. The number of hydrogen-bond donors (Lipinski definition) is 3. The standard InChI is InChI=1S/C27H31FN6O2/c28-21-7-3-2-6-20(21)24(35)31-18-8-10-19(11-9-18)32-26-29-15-17-14-22-25(36)30-16-27(12-4-1-5-13-27)34(22)23(17)33-26/h2-3,6-7,14-15,18-19H,1,4-5,8-13,16H2,(H,30,36)(H,31,35)(H,29,32,33)/t18-,19-. The molecule has 0 unspecified atom stereocenters. The lowest BCUT2D eigenvalue weighted by Gasteiger charge is -2.42. The SMILES string of the molecule is O=C(N[C@H]1CC[C@H](Nc2ncc3cc4n(c3n2)C2(CCCCC2)CNC4=O)CC1)c1ccccc1F. The minimum absolute atomic E-state index is 0.0147. The van der Waals surface area contributed by atoms with Crippen molar-refractivity contribution >= 4 is 28.8 Å². The van der Waals surface area contributed by atoms with E-state index in [2.05, 4.69) is 25.5 Å². The summed E-state index contributed by atoms with van der Waals surface area (Å²) >= 11 is 0. The molecule has 9 heteroatoms. The first kappa shape index (κ1) is 22.9. The van der Waals surface area contributed by atoms with Crippen LogP contribution in [0.1, 0.15) is 78.6 Å². The van der Waals surface area contributed by atoms with E-state index in [-0.39, 0.29) is 35.0 Å². The number of carbonyl (C=O) groups excluding carboxylic acids is 2. The van der Waals surface area contributed by atoms with E-state index >= 15 is 0 Å². The third-order valence-corrected chi connectivity index (χ3v) is 8.12. The highest BCUT2D eigenvalue weighted by Gasteiger charge is 2.41. The number of aromatic nitrogens is 3. The van der Waals surface area contributed by atoms with Crippen LogP contribution in [0.2, 0.25) is 0 Å². The second-order valence-corrected chi connectivity index (χ2v) is 10.5. The van der Waals surface area contributed by atoms with Crippen LogP contribution in [0.4, 0.5) is 10.3 Å². The second kappa shape index (κ2) is 9.19. The van der Waals surface area contributed by atoms with Crippen LogP contribution >= 0.6 is 0 Å². The lowest BCUT2D eigenvalue weighted by Crippen LogP contribution is -2.52. The van der Waals surface area contributed by atoms with Crippen LogP contribution in [0.5, 0.6) is 0 Å². The summed E-state index contributed by atoms with van der Waals surface area (Å²) in [6, 6.07) is 8.17. The molecule has 36 heavy (non-hydrogen) atoms. The summed E-state index contributed by atoms with van der Waals surface area (Å²) in [5.74, 6) is -0.344. The molecular formula is C27H31FN6O2. The Morgan fingerprint density at radius 1 is 1.08 bits per heavy atom. The Morgan fingerprint density at radius 3 is 2.61 bits per heavy atom. The summed E-state index contributed by atoms with van der Waals surface area (Å²) in [6.45, 7) is 0.651. The minimum Gasteiger partial charge on any atom is -0.351 e. The molecule has 2 fully saturated rings. The van der Waals surface area contributed by atoms with Crippen molar-refractivity contribution in [3.05, 3.63) is 53.6 Å². The number of halogens is 1. The molecule has 6 rings (SSSR count). The van der Waals surface area contributed by atoms with Gasteiger partial charge in [-0.3, -0.25) is 9.59 Å². The van der Waals surface area contributed by atoms with Crippen LogP contribution in [-0.4, -0.2) is 45.0 Å². The molecule has 2 aliphatic carbocycles. The molecule has 3 heterocycles. The fourth-order valence-corrected chi connectivity index (χ4v) is 6.20. The van der Waals surface area contributed by atoms with Gasteiger partial charge < -0.3 is 20.5 Å². The second-order valence-electron chi connectivity index (χ2n) is 10.5. The van der Waals surface area contributed by atoms with E-state index in [1.807, 2.05) is 6.07 Å². The van der Waals surface area contributed by atoms with Crippen molar-refractivity contribution < 1.29 is 14.0 Å². The van der Waals surface area contributed by atoms with Gasteiger partial charge in [0.05, 0.1) is 11.1 Å². The van der Waals surface area contributed by atoms with Gasteiger partial charge in [-0.2, -0.15) is 4.98 Å². The number of carbonyl (C=O) groups is 2. The van der Waals surface area contributed by atoms with Crippen LogP contribution in [0.25, 0.3) is 11.0 Å². The summed E-state index contributed by atoms with van der Waals surface area (Å²) < 4.78 is 16.1. The number of amides is 2. The Balaban J connectivity index is 1.15. The van der Waals surface area contributed by atoms with E-state index in [1.165, 1.54) is 18.6 Å². The molecule has 2 aromatic heterocycles. The highest BCUT2D eigenvalue weighted by molar-refractivity contribution is 5.99. The Hall–Kier alpha value is -3.49.